The van der Waals surface area contributed by atoms with Crippen molar-refractivity contribution >= 4 is 0 Å². The summed E-state index contributed by atoms with van der Waals surface area (Å²) in [6.45, 7) is 5.28. The highest BCUT2D eigenvalue weighted by atomic mass is 16.7. The second-order valence-corrected chi connectivity index (χ2v) is 4.95. The molecule has 1 aliphatic rings. The molecule has 1 heterocycles. The molecule has 0 bridgehead atoms. The van der Waals surface area contributed by atoms with Crippen molar-refractivity contribution in [3.8, 4) is 0 Å². The van der Waals surface area contributed by atoms with E-state index < -0.39 is 0 Å². The van der Waals surface area contributed by atoms with Crippen LogP contribution in [-0.2, 0) is 9.47 Å². The quantitative estimate of drug-likeness (QED) is 0.577. The van der Waals surface area contributed by atoms with E-state index in [1.807, 2.05) is 0 Å². The van der Waals surface area contributed by atoms with Gasteiger partial charge in [0.1, 0.15) is 0 Å². The maximum atomic E-state index is 5.71. The lowest BCUT2D eigenvalue weighted by molar-refractivity contribution is -0.210. The zero-order chi connectivity index (χ0) is 11.6. The SMILES string of the molecule is CCCCCCCCC[C@@H]1OCC[C@H](C)O1. The topological polar surface area (TPSA) is 18.5 Å². The van der Waals surface area contributed by atoms with E-state index in [9.17, 15) is 0 Å². The lowest BCUT2D eigenvalue weighted by atomic mass is 10.1. The van der Waals surface area contributed by atoms with Crippen LogP contribution < -0.4 is 0 Å². The van der Waals surface area contributed by atoms with Crippen molar-refractivity contribution in [1.82, 2.24) is 0 Å². The molecule has 0 aromatic rings. The largest absolute Gasteiger partial charge is 0.353 e. The Morgan fingerprint density at radius 2 is 1.69 bits per heavy atom. The van der Waals surface area contributed by atoms with E-state index in [4.69, 9.17) is 9.47 Å². The zero-order valence-electron chi connectivity index (χ0n) is 11.0. The van der Waals surface area contributed by atoms with Gasteiger partial charge in [0, 0.05) is 0 Å². The minimum absolute atomic E-state index is 0.0828. The first kappa shape index (κ1) is 14.0. The number of hydrogen-bond donors (Lipinski definition) is 0. The predicted octanol–water partition coefficient (Wildman–Crippen LogP) is 4.28. The highest BCUT2D eigenvalue weighted by molar-refractivity contribution is 4.59. The molecule has 1 saturated heterocycles. The molecule has 2 atom stereocenters. The van der Waals surface area contributed by atoms with E-state index in [-0.39, 0.29) is 6.29 Å². The maximum Gasteiger partial charge on any atom is 0.157 e. The van der Waals surface area contributed by atoms with Crippen LogP contribution in [0, 0.1) is 0 Å². The molecule has 96 valence electrons. The molecular weight excluding hydrogens is 200 g/mol. The Kier molecular flexibility index (Phi) is 7.87. The van der Waals surface area contributed by atoms with E-state index in [1.165, 1.54) is 44.9 Å². The molecule has 0 aromatic heterocycles. The van der Waals surface area contributed by atoms with Crippen molar-refractivity contribution in [1.29, 1.82) is 0 Å². The van der Waals surface area contributed by atoms with Crippen molar-refractivity contribution in [2.75, 3.05) is 6.61 Å². The van der Waals surface area contributed by atoms with Gasteiger partial charge >= 0.3 is 0 Å². The van der Waals surface area contributed by atoms with Gasteiger partial charge in [-0.3, -0.25) is 0 Å². The summed E-state index contributed by atoms with van der Waals surface area (Å²) in [4.78, 5) is 0. The summed E-state index contributed by atoms with van der Waals surface area (Å²) in [6.07, 6.45) is 12.1. The molecule has 0 saturated carbocycles. The first-order valence-corrected chi connectivity index (χ1v) is 7.10. The van der Waals surface area contributed by atoms with Crippen LogP contribution in [0.2, 0.25) is 0 Å². The van der Waals surface area contributed by atoms with Crippen LogP contribution >= 0.6 is 0 Å². The van der Waals surface area contributed by atoms with E-state index in [1.54, 1.807) is 0 Å². The van der Waals surface area contributed by atoms with Gasteiger partial charge in [0.15, 0.2) is 6.29 Å². The Morgan fingerprint density at radius 3 is 2.38 bits per heavy atom. The van der Waals surface area contributed by atoms with Crippen LogP contribution in [0.4, 0.5) is 0 Å². The lowest BCUT2D eigenvalue weighted by Crippen LogP contribution is -2.30. The average Bonchev–Trinajstić information content (AvgIpc) is 2.28. The van der Waals surface area contributed by atoms with Crippen molar-refractivity contribution in [2.45, 2.75) is 84.0 Å². The molecule has 0 aliphatic carbocycles. The van der Waals surface area contributed by atoms with Gasteiger partial charge in [-0.25, -0.2) is 0 Å². The number of ether oxygens (including phenoxy) is 2. The Morgan fingerprint density at radius 1 is 1.00 bits per heavy atom. The Balaban J connectivity index is 1.86. The minimum atomic E-state index is 0.0828. The first-order chi connectivity index (χ1) is 7.83. The summed E-state index contributed by atoms with van der Waals surface area (Å²) < 4.78 is 11.3. The van der Waals surface area contributed by atoms with Gasteiger partial charge < -0.3 is 9.47 Å². The van der Waals surface area contributed by atoms with Gasteiger partial charge in [-0.2, -0.15) is 0 Å². The second kappa shape index (κ2) is 9.00. The Hall–Kier alpha value is -0.0800. The smallest absolute Gasteiger partial charge is 0.157 e. The minimum Gasteiger partial charge on any atom is -0.353 e. The van der Waals surface area contributed by atoms with Gasteiger partial charge in [0.25, 0.3) is 0 Å². The van der Waals surface area contributed by atoms with E-state index >= 15 is 0 Å². The van der Waals surface area contributed by atoms with E-state index in [0.29, 0.717) is 6.10 Å². The molecule has 0 aromatic carbocycles. The fraction of sp³-hybridized carbons (Fsp3) is 1.00. The Bertz CT molecular complexity index is 159. The van der Waals surface area contributed by atoms with Crippen LogP contribution in [0.5, 0.6) is 0 Å². The third-order valence-corrected chi connectivity index (χ3v) is 3.26. The van der Waals surface area contributed by atoms with Crippen molar-refractivity contribution in [3.63, 3.8) is 0 Å². The third-order valence-electron chi connectivity index (χ3n) is 3.26. The maximum absolute atomic E-state index is 5.71. The molecule has 1 rings (SSSR count). The first-order valence-electron chi connectivity index (χ1n) is 7.10. The highest BCUT2D eigenvalue weighted by Crippen LogP contribution is 2.17. The molecular formula is C14H28O2. The van der Waals surface area contributed by atoms with Crippen molar-refractivity contribution < 1.29 is 9.47 Å². The monoisotopic (exact) mass is 228 g/mol. The lowest BCUT2D eigenvalue weighted by Gasteiger charge is -2.28. The predicted molar refractivity (Wildman–Crippen MR) is 67.5 cm³/mol. The summed E-state index contributed by atoms with van der Waals surface area (Å²) in [5, 5.41) is 0. The number of unbranched alkanes of at least 4 members (excludes halogenated alkanes) is 6. The van der Waals surface area contributed by atoms with Crippen LogP contribution in [-0.4, -0.2) is 19.0 Å². The summed E-state index contributed by atoms with van der Waals surface area (Å²) in [5.41, 5.74) is 0. The number of hydrogen-bond acceptors (Lipinski definition) is 2. The molecule has 2 nitrogen and oxygen atoms in total. The zero-order valence-corrected chi connectivity index (χ0v) is 11.0. The molecule has 16 heavy (non-hydrogen) atoms. The van der Waals surface area contributed by atoms with Crippen molar-refractivity contribution in [2.24, 2.45) is 0 Å². The normalized spacial score (nSPS) is 25.9. The standard InChI is InChI=1S/C14H28O2/c1-3-4-5-6-7-8-9-10-14-15-12-11-13(2)16-14/h13-14H,3-12H2,1-2H3/t13-,14+/m0/s1. The van der Waals surface area contributed by atoms with Gasteiger partial charge in [0.2, 0.25) is 0 Å². The van der Waals surface area contributed by atoms with Crippen molar-refractivity contribution in [3.05, 3.63) is 0 Å². The molecule has 0 radical (unpaired) electrons. The molecule has 1 fully saturated rings. The summed E-state index contributed by atoms with van der Waals surface area (Å²) in [6, 6.07) is 0. The van der Waals surface area contributed by atoms with E-state index in [2.05, 4.69) is 13.8 Å². The van der Waals surface area contributed by atoms with Gasteiger partial charge in [-0.15, -0.1) is 0 Å². The van der Waals surface area contributed by atoms with E-state index in [0.717, 1.165) is 19.4 Å². The Labute approximate surface area is 101 Å². The summed E-state index contributed by atoms with van der Waals surface area (Å²) in [7, 11) is 0. The molecule has 2 heteroatoms. The highest BCUT2D eigenvalue weighted by Gasteiger charge is 2.18. The van der Waals surface area contributed by atoms with Gasteiger partial charge in [0.05, 0.1) is 12.7 Å². The fourth-order valence-corrected chi connectivity index (χ4v) is 2.15. The molecule has 0 spiro atoms. The van der Waals surface area contributed by atoms with Crippen LogP contribution in [0.15, 0.2) is 0 Å². The van der Waals surface area contributed by atoms with Gasteiger partial charge in [-0.05, 0) is 26.2 Å². The summed E-state index contributed by atoms with van der Waals surface area (Å²) in [5.74, 6) is 0. The van der Waals surface area contributed by atoms with Gasteiger partial charge in [-0.1, -0.05) is 45.4 Å². The van der Waals surface area contributed by atoms with Crippen LogP contribution in [0.25, 0.3) is 0 Å². The van der Waals surface area contributed by atoms with Crippen LogP contribution in [0.1, 0.15) is 71.6 Å². The molecule has 0 amide bonds. The molecule has 0 N–H and O–H groups in total. The van der Waals surface area contributed by atoms with Crippen LogP contribution in [0.3, 0.4) is 0 Å². The average molecular weight is 228 g/mol. The summed E-state index contributed by atoms with van der Waals surface area (Å²) >= 11 is 0. The molecule has 0 unspecified atom stereocenters. The third kappa shape index (κ3) is 6.49. The fourth-order valence-electron chi connectivity index (χ4n) is 2.15. The second-order valence-electron chi connectivity index (χ2n) is 4.95. The number of rotatable bonds is 8. The molecule has 1 aliphatic heterocycles.